The van der Waals surface area contributed by atoms with Crippen molar-refractivity contribution in [2.45, 2.75) is 20.8 Å². The zero-order chi connectivity index (χ0) is 16.3. The molecule has 1 heterocycles. The Hall–Kier alpha value is -1.39. The molecule has 23 heavy (non-hydrogen) atoms. The summed E-state index contributed by atoms with van der Waals surface area (Å²) in [6.45, 7) is 6.26. The number of ether oxygens (including phenoxy) is 1. The van der Waals surface area contributed by atoms with E-state index >= 15 is 0 Å². The molecule has 0 aliphatic rings. The van der Waals surface area contributed by atoms with Crippen LogP contribution in [-0.4, -0.2) is 52.2 Å². The van der Waals surface area contributed by atoms with Crippen LogP contribution >= 0.6 is 11.3 Å². The molecule has 5 nitrogen and oxygen atoms in total. The Labute approximate surface area is 161 Å². The van der Waals surface area contributed by atoms with E-state index in [1.165, 1.54) is 0 Å². The first kappa shape index (κ1) is 19.7. The van der Waals surface area contributed by atoms with Crippen LogP contribution < -0.4 is 4.74 Å². The van der Waals surface area contributed by atoms with Gasteiger partial charge in [-0.15, -0.1) is 11.3 Å². The topological polar surface area (TPSA) is 83.2 Å². The van der Waals surface area contributed by atoms with E-state index in [1.807, 2.05) is 13.8 Å². The molecule has 0 saturated heterocycles. The maximum atomic E-state index is 11.1. The van der Waals surface area contributed by atoms with Gasteiger partial charge in [0.15, 0.2) is 0 Å². The first-order valence-electron chi connectivity index (χ1n) is 6.80. The number of nitrogens with zero attached hydrogens (tertiary/aromatic N) is 2. The molecule has 0 aliphatic carbocycles. The molecule has 0 bridgehead atoms. The molecule has 0 amide bonds. The summed E-state index contributed by atoms with van der Waals surface area (Å²) in [5.41, 5.74) is 1.61. The molecule has 0 fully saturated rings. The van der Waals surface area contributed by atoms with Crippen LogP contribution in [0.25, 0.3) is 10.6 Å². The normalized spacial score (nSPS) is 10.0. The predicted molar refractivity (Wildman–Crippen MR) is 91.4 cm³/mol. The van der Waals surface area contributed by atoms with Crippen molar-refractivity contribution in [2.75, 3.05) is 6.61 Å². The Morgan fingerprint density at radius 3 is 2.70 bits per heavy atom. The molecule has 2 rings (SSSR count). The molecule has 0 atom stereocenters. The van der Waals surface area contributed by atoms with E-state index < -0.39 is 5.97 Å². The van der Waals surface area contributed by atoms with Crippen LogP contribution in [0.2, 0.25) is 0 Å². The second kappa shape index (κ2) is 8.46. The van der Waals surface area contributed by atoms with E-state index in [9.17, 15) is 10.1 Å². The van der Waals surface area contributed by atoms with Crippen LogP contribution in [0.4, 0.5) is 0 Å². The van der Waals surface area contributed by atoms with E-state index in [1.54, 1.807) is 25.1 Å². The van der Waals surface area contributed by atoms with E-state index in [4.69, 9.17) is 9.84 Å². The Bertz CT molecular complexity index is 750. The number of aromatic carboxylic acids is 1. The van der Waals surface area contributed by atoms with Gasteiger partial charge in [0.25, 0.3) is 0 Å². The van der Waals surface area contributed by atoms with Crippen molar-refractivity contribution < 1.29 is 14.6 Å². The van der Waals surface area contributed by atoms with Crippen LogP contribution in [0.3, 0.4) is 0 Å². The average Bonchev–Trinajstić information content (AvgIpc) is 2.87. The molecule has 1 aromatic heterocycles. The molecule has 1 N–H and O–H groups in total. The zero-order valence-corrected chi connectivity index (χ0v) is 13.4. The summed E-state index contributed by atoms with van der Waals surface area (Å²) in [5, 5.41) is 18.9. The second-order valence-electron chi connectivity index (χ2n) is 5.27. The number of aryl methyl sites for hydroxylation is 1. The number of hydrogen-bond donors (Lipinski definition) is 1. The van der Waals surface area contributed by atoms with Gasteiger partial charge in [-0.25, -0.2) is 9.78 Å². The average molecular weight is 340 g/mol. The fourth-order valence-electron chi connectivity index (χ4n) is 1.85. The van der Waals surface area contributed by atoms with Gasteiger partial charge < -0.3 is 9.84 Å². The molecule has 0 saturated carbocycles. The maximum absolute atomic E-state index is 11.1. The van der Waals surface area contributed by atoms with E-state index in [2.05, 4.69) is 11.1 Å². The van der Waals surface area contributed by atoms with Crippen molar-refractivity contribution in [3.8, 4) is 22.4 Å². The van der Waals surface area contributed by atoms with Gasteiger partial charge in [0, 0.05) is 5.56 Å². The van der Waals surface area contributed by atoms with Gasteiger partial charge in [-0.1, -0.05) is 13.8 Å². The fourth-order valence-corrected chi connectivity index (χ4v) is 2.75. The monoisotopic (exact) mass is 340 g/mol. The van der Waals surface area contributed by atoms with Crippen LogP contribution in [0, 0.1) is 24.2 Å². The van der Waals surface area contributed by atoms with Crippen molar-refractivity contribution in [1.82, 2.24) is 4.98 Å². The molecule has 0 unspecified atom stereocenters. The van der Waals surface area contributed by atoms with E-state index in [0.29, 0.717) is 40.1 Å². The SMILES string of the molecule is Cc1nc(-c2ccc(OCC(C)C)c(C#N)c2)sc1C(=O)O.[NaH]. The van der Waals surface area contributed by atoms with Crippen LogP contribution in [0.15, 0.2) is 18.2 Å². The Balaban J connectivity index is 0.00000264. The summed E-state index contributed by atoms with van der Waals surface area (Å²) in [6.07, 6.45) is 0. The summed E-state index contributed by atoms with van der Waals surface area (Å²) in [4.78, 5) is 15.6. The minimum atomic E-state index is -0.987. The second-order valence-corrected chi connectivity index (χ2v) is 6.27. The number of thiazole rings is 1. The number of rotatable bonds is 5. The quantitative estimate of drug-likeness (QED) is 0.846. The molecule has 0 radical (unpaired) electrons. The summed E-state index contributed by atoms with van der Waals surface area (Å²) in [6, 6.07) is 7.31. The van der Waals surface area contributed by atoms with Crippen molar-refractivity contribution >= 4 is 46.9 Å². The Kier molecular flexibility index (Phi) is 7.23. The van der Waals surface area contributed by atoms with Crippen molar-refractivity contribution in [3.63, 3.8) is 0 Å². The number of carboxylic acids is 1. The molecule has 0 aliphatic heterocycles. The zero-order valence-electron chi connectivity index (χ0n) is 12.6. The van der Waals surface area contributed by atoms with Gasteiger partial charge in [0.1, 0.15) is 21.7 Å². The molecule has 7 heteroatoms. The molecular formula is C16H17N2NaO3S. The van der Waals surface area contributed by atoms with Crippen molar-refractivity contribution in [2.24, 2.45) is 5.92 Å². The summed E-state index contributed by atoms with van der Waals surface area (Å²) < 4.78 is 5.61. The fraction of sp³-hybridized carbons (Fsp3) is 0.312. The molecule has 1 aromatic carbocycles. The van der Waals surface area contributed by atoms with Crippen LogP contribution in [0.1, 0.15) is 34.8 Å². The third-order valence-electron chi connectivity index (χ3n) is 2.91. The standard InChI is InChI=1S/C16H16N2O3S.Na.H/c1-9(2)8-21-13-5-4-11(6-12(13)7-17)15-18-10(3)14(22-15)16(19)20;;/h4-6,9H,8H2,1-3H3,(H,19,20);;. The number of benzene rings is 1. The van der Waals surface area contributed by atoms with Crippen molar-refractivity contribution in [1.29, 1.82) is 5.26 Å². The van der Waals surface area contributed by atoms with Gasteiger partial charge in [-0.3, -0.25) is 0 Å². The van der Waals surface area contributed by atoms with Gasteiger partial charge in [0.2, 0.25) is 0 Å². The van der Waals surface area contributed by atoms with Crippen molar-refractivity contribution in [3.05, 3.63) is 34.3 Å². The minimum absolute atomic E-state index is 0. The van der Waals surface area contributed by atoms with Crippen LogP contribution in [0.5, 0.6) is 5.75 Å². The first-order valence-corrected chi connectivity index (χ1v) is 7.62. The summed E-state index contributed by atoms with van der Waals surface area (Å²) in [5.74, 6) is -0.0868. The summed E-state index contributed by atoms with van der Waals surface area (Å²) in [7, 11) is 0. The molecular weight excluding hydrogens is 323 g/mol. The molecule has 0 spiro atoms. The molecule has 2 aromatic rings. The van der Waals surface area contributed by atoms with E-state index in [0.717, 1.165) is 11.3 Å². The number of carboxylic acid groups (broad SMARTS) is 1. The number of carbonyl (C=O) groups is 1. The Morgan fingerprint density at radius 2 is 2.17 bits per heavy atom. The molecule has 116 valence electrons. The third kappa shape index (κ3) is 4.79. The number of nitriles is 1. The van der Waals surface area contributed by atoms with Gasteiger partial charge in [-0.05, 0) is 31.0 Å². The number of hydrogen-bond acceptors (Lipinski definition) is 5. The third-order valence-corrected chi connectivity index (χ3v) is 4.10. The number of aromatic nitrogens is 1. The van der Waals surface area contributed by atoms with E-state index in [-0.39, 0.29) is 34.4 Å². The van der Waals surface area contributed by atoms with Gasteiger partial charge >= 0.3 is 35.5 Å². The Morgan fingerprint density at radius 1 is 1.48 bits per heavy atom. The first-order chi connectivity index (χ1) is 10.4. The summed E-state index contributed by atoms with van der Waals surface area (Å²) >= 11 is 1.10. The van der Waals surface area contributed by atoms with Crippen LogP contribution in [-0.2, 0) is 0 Å². The predicted octanol–water partition coefficient (Wildman–Crippen LogP) is 3.07. The van der Waals surface area contributed by atoms with Gasteiger partial charge in [-0.2, -0.15) is 5.26 Å². The van der Waals surface area contributed by atoms with Gasteiger partial charge in [0.05, 0.1) is 17.9 Å².